The fraction of sp³-hybridized carbons (Fsp3) is 0.120. The summed E-state index contributed by atoms with van der Waals surface area (Å²) in [5.74, 6) is -0.874. The van der Waals surface area contributed by atoms with E-state index >= 15 is 0 Å². The van der Waals surface area contributed by atoms with Crippen molar-refractivity contribution in [2.75, 3.05) is 11.9 Å². The first kappa shape index (κ1) is 18.7. The second kappa shape index (κ2) is 7.76. The number of anilines is 1. The normalized spacial score (nSPS) is 10.8. The summed E-state index contributed by atoms with van der Waals surface area (Å²) in [5, 5.41) is 6.32. The molecule has 4 heteroatoms. The predicted molar refractivity (Wildman–Crippen MR) is 116 cm³/mol. The van der Waals surface area contributed by atoms with Gasteiger partial charge in [0.25, 0.3) is 5.91 Å². The van der Waals surface area contributed by atoms with Gasteiger partial charge in [0.05, 0.1) is 5.56 Å². The fourth-order valence-corrected chi connectivity index (χ4v) is 3.68. The number of carbonyl (C=O) groups is 2. The summed E-state index contributed by atoms with van der Waals surface area (Å²) in [6.07, 6.45) is 0. The number of nitrogens with one attached hydrogen (secondary N) is 1. The van der Waals surface area contributed by atoms with Crippen LogP contribution in [0.25, 0.3) is 21.5 Å². The number of carbonyl (C=O) groups excluding carboxylic acids is 2. The van der Waals surface area contributed by atoms with Crippen LogP contribution in [0.4, 0.5) is 5.69 Å². The minimum Gasteiger partial charge on any atom is -0.452 e. The quantitative estimate of drug-likeness (QED) is 0.379. The molecule has 0 atom stereocenters. The summed E-state index contributed by atoms with van der Waals surface area (Å²) in [7, 11) is 0. The predicted octanol–water partition coefficient (Wildman–Crippen LogP) is 5.41. The minimum absolute atomic E-state index is 0.344. The molecule has 29 heavy (non-hydrogen) atoms. The van der Waals surface area contributed by atoms with Gasteiger partial charge in [-0.1, -0.05) is 54.6 Å². The van der Waals surface area contributed by atoms with Crippen LogP contribution in [0.1, 0.15) is 21.5 Å². The van der Waals surface area contributed by atoms with Crippen LogP contribution in [0.3, 0.4) is 0 Å². The number of amides is 1. The molecule has 0 radical (unpaired) electrons. The number of benzene rings is 4. The van der Waals surface area contributed by atoms with Crippen molar-refractivity contribution in [2.24, 2.45) is 0 Å². The van der Waals surface area contributed by atoms with Gasteiger partial charge in [-0.3, -0.25) is 4.79 Å². The average Bonchev–Trinajstić information content (AvgIpc) is 2.69. The highest BCUT2D eigenvalue weighted by molar-refractivity contribution is 6.16. The number of hydrogen-bond acceptors (Lipinski definition) is 3. The minimum atomic E-state index is -0.506. The van der Waals surface area contributed by atoms with Crippen LogP contribution in [-0.4, -0.2) is 18.5 Å². The summed E-state index contributed by atoms with van der Waals surface area (Å²) in [4.78, 5) is 25.2. The van der Waals surface area contributed by atoms with E-state index in [-0.39, 0.29) is 12.5 Å². The van der Waals surface area contributed by atoms with Crippen LogP contribution in [-0.2, 0) is 9.53 Å². The molecule has 0 saturated heterocycles. The molecule has 0 aromatic heterocycles. The lowest BCUT2D eigenvalue weighted by Crippen LogP contribution is -2.21. The molecule has 0 spiro atoms. The standard InChI is InChI=1S/C25H21NO3/c1-16-11-17(2)13-20(12-16)26-23(27)15-29-25(28)24-21-9-5-3-7-18(21)14-19-8-4-6-10-22(19)24/h3-14H,15H2,1-2H3,(H,26,27). The van der Waals surface area contributed by atoms with Crippen molar-refractivity contribution in [3.8, 4) is 0 Å². The number of fused-ring (bicyclic) bond motifs is 2. The first-order valence-corrected chi connectivity index (χ1v) is 9.47. The number of hydrogen-bond donors (Lipinski definition) is 1. The molecule has 4 rings (SSSR count). The van der Waals surface area contributed by atoms with Gasteiger partial charge in [-0.2, -0.15) is 0 Å². The second-order valence-corrected chi connectivity index (χ2v) is 7.19. The zero-order chi connectivity index (χ0) is 20.4. The smallest absolute Gasteiger partial charge is 0.339 e. The average molecular weight is 383 g/mol. The molecule has 0 fully saturated rings. The molecule has 0 aliphatic heterocycles. The van der Waals surface area contributed by atoms with E-state index in [0.717, 1.165) is 32.7 Å². The Morgan fingerprint density at radius 2 is 1.34 bits per heavy atom. The third-order valence-corrected chi connectivity index (χ3v) is 4.82. The van der Waals surface area contributed by atoms with Crippen LogP contribution in [0.5, 0.6) is 0 Å². The van der Waals surface area contributed by atoms with Crippen molar-refractivity contribution in [3.63, 3.8) is 0 Å². The first-order chi connectivity index (χ1) is 14.0. The van der Waals surface area contributed by atoms with E-state index in [1.807, 2.05) is 86.6 Å². The molecular formula is C25H21NO3. The van der Waals surface area contributed by atoms with Gasteiger partial charge in [0.15, 0.2) is 6.61 Å². The maximum Gasteiger partial charge on any atom is 0.339 e. The summed E-state index contributed by atoms with van der Waals surface area (Å²) >= 11 is 0. The molecule has 0 bridgehead atoms. The van der Waals surface area contributed by atoms with Crippen LogP contribution in [0, 0.1) is 13.8 Å². The zero-order valence-electron chi connectivity index (χ0n) is 16.4. The highest BCUT2D eigenvalue weighted by Crippen LogP contribution is 2.29. The van der Waals surface area contributed by atoms with Gasteiger partial charge in [0.2, 0.25) is 0 Å². The van der Waals surface area contributed by atoms with Crippen LogP contribution in [0.2, 0.25) is 0 Å². The monoisotopic (exact) mass is 383 g/mol. The highest BCUT2D eigenvalue weighted by Gasteiger charge is 2.17. The molecule has 1 N–H and O–H groups in total. The molecule has 1 amide bonds. The first-order valence-electron chi connectivity index (χ1n) is 9.47. The third kappa shape index (κ3) is 3.97. The van der Waals surface area contributed by atoms with Crippen molar-refractivity contribution in [3.05, 3.63) is 89.5 Å². The van der Waals surface area contributed by atoms with Crippen LogP contribution >= 0.6 is 0 Å². The number of aryl methyl sites for hydroxylation is 2. The highest BCUT2D eigenvalue weighted by atomic mass is 16.5. The maximum absolute atomic E-state index is 12.9. The van der Waals surface area contributed by atoms with Gasteiger partial charge < -0.3 is 10.1 Å². The molecule has 0 unspecified atom stereocenters. The third-order valence-electron chi connectivity index (χ3n) is 4.82. The van der Waals surface area contributed by atoms with Gasteiger partial charge in [-0.15, -0.1) is 0 Å². The molecule has 0 heterocycles. The van der Waals surface area contributed by atoms with Crippen LogP contribution in [0.15, 0.2) is 72.8 Å². The van der Waals surface area contributed by atoms with Gasteiger partial charge >= 0.3 is 5.97 Å². The second-order valence-electron chi connectivity index (χ2n) is 7.19. The molecule has 0 saturated carbocycles. The Labute approximate surface area is 169 Å². The Balaban J connectivity index is 1.58. The Morgan fingerprint density at radius 3 is 1.93 bits per heavy atom. The largest absolute Gasteiger partial charge is 0.452 e. The maximum atomic E-state index is 12.9. The molecule has 0 aliphatic rings. The van der Waals surface area contributed by atoms with Gasteiger partial charge in [-0.25, -0.2) is 4.79 Å². The van der Waals surface area contributed by atoms with E-state index in [1.165, 1.54) is 0 Å². The van der Waals surface area contributed by atoms with E-state index in [0.29, 0.717) is 11.3 Å². The number of ether oxygens (including phenoxy) is 1. The van der Waals surface area contributed by atoms with E-state index in [1.54, 1.807) is 0 Å². The Kier molecular flexibility index (Phi) is 5.00. The molecule has 4 aromatic rings. The zero-order valence-corrected chi connectivity index (χ0v) is 16.4. The van der Waals surface area contributed by atoms with Crippen molar-refractivity contribution in [1.29, 1.82) is 0 Å². The Hall–Kier alpha value is -3.66. The lowest BCUT2D eigenvalue weighted by atomic mass is 9.97. The topological polar surface area (TPSA) is 55.4 Å². The van der Waals surface area contributed by atoms with E-state index < -0.39 is 5.97 Å². The van der Waals surface area contributed by atoms with Gasteiger partial charge in [0, 0.05) is 5.69 Å². The SMILES string of the molecule is Cc1cc(C)cc(NC(=O)COC(=O)c2c3ccccc3cc3ccccc23)c1. The summed E-state index contributed by atoms with van der Waals surface area (Å²) in [5.41, 5.74) is 3.29. The van der Waals surface area contributed by atoms with E-state index in [4.69, 9.17) is 4.74 Å². The van der Waals surface area contributed by atoms with Crippen molar-refractivity contribution >= 4 is 39.1 Å². The fourth-order valence-electron chi connectivity index (χ4n) is 3.68. The summed E-state index contributed by atoms with van der Waals surface area (Å²) < 4.78 is 5.39. The molecule has 144 valence electrons. The van der Waals surface area contributed by atoms with Gasteiger partial charge in [-0.05, 0) is 64.7 Å². The van der Waals surface area contributed by atoms with Crippen molar-refractivity contribution in [2.45, 2.75) is 13.8 Å². The molecular weight excluding hydrogens is 362 g/mol. The van der Waals surface area contributed by atoms with Crippen molar-refractivity contribution < 1.29 is 14.3 Å². The molecule has 4 aromatic carbocycles. The summed E-state index contributed by atoms with van der Waals surface area (Å²) in [6.45, 7) is 3.59. The molecule has 0 aliphatic carbocycles. The van der Waals surface area contributed by atoms with Gasteiger partial charge in [0.1, 0.15) is 0 Å². The van der Waals surface area contributed by atoms with Crippen molar-refractivity contribution in [1.82, 2.24) is 0 Å². The van der Waals surface area contributed by atoms with E-state index in [9.17, 15) is 9.59 Å². The van der Waals surface area contributed by atoms with E-state index in [2.05, 4.69) is 5.32 Å². The lowest BCUT2D eigenvalue weighted by Gasteiger charge is -2.12. The Bertz CT molecular complexity index is 1170. The molecule has 4 nitrogen and oxygen atoms in total. The lowest BCUT2D eigenvalue weighted by molar-refractivity contribution is -0.119. The Morgan fingerprint density at radius 1 is 0.793 bits per heavy atom. The summed E-state index contributed by atoms with van der Waals surface area (Å²) in [6, 6.07) is 23.2. The number of rotatable bonds is 4. The van der Waals surface area contributed by atoms with Crippen LogP contribution < -0.4 is 5.32 Å². The number of esters is 1.